The van der Waals surface area contributed by atoms with Gasteiger partial charge in [0.2, 0.25) is 0 Å². The number of anilines is 1. The predicted molar refractivity (Wildman–Crippen MR) is 142 cm³/mol. The van der Waals surface area contributed by atoms with Gasteiger partial charge in [-0.2, -0.15) is 0 Å². The van der Waals surface area contributed by atoms with Crippen LogP contribution in [-0.4, -0.2) is 16.7 Å². The Morgan fingerprint density at radius 2 is 1.83 bits per heavy atom. The number of rotatable bonds is 7. The second kappa shape index (κ2) is 10.2. The Hall–Kier alpha value is -3.75. The molecule has 0 spiro atoms. The Balaban J connectivity index is 1.87. The lowest BCUT2D eigenvalue weighted by Crippen LogP contribution is -2.31. The molecule has 4 rings (SSSR count). The number of hydrazine groups is 1. The number of hydrogen-bond donors (Lipinski definition) is 3. The first kappa shape index (κ1) is 24.4. The third-order valence-electron chi connectivity index (χ3n) is 5.79. The maximum absolute atomic E-state index is 14.0. The van der Waals surface area contributed by atoms with Crippen LogP contribution in [0.15, 0.2) is 84.0 Å². The van der Waals surface area contributed by atoms with Gasteiger partial charge in [0.05, 0.1) is 29.9 Å². The van der Waals surface area contributed by atoms with Crippen molar-refractivity contribution in [3.8, 4) is 22.6 Å². The van der Waals surface area contributed by atoms with Crippen molar-refractivity contribution in [3.63, 3.8) is 0 Å². The molecule has 4 aromatic rings. The van der Waals surface area contributed by atoms with Crippen molar-refractivity contribution in [3.05, 3.63) is 96.2 Å². The van der Waals surface area contributed by atoms with Crippen LogP contribution >= 0.6 is 12.6 Å². The number of ether oxygens (including phenoxy) is 1. The summed E-state index contributed by atoms with van der Waals surface area (Å²) in [4.78, 5) is 5.24. The molecule has 0 radical (unpaired) electrons. The molecule has 1 unspecified atom stereocenters. The van der Waals surface area contributed by atoms with Gasteiger partial charge in [-0.05, 0) is 73.5 Å². The minimum absolute atomic E-state index is 0.355. The molecule has 0 fully saturated rings. The topological polar surface area (TPSA) is 82.3 Å². The molecular formula is C27H28FN5OS. The highest BCUT2D eigenvalue weighted by molar-refractivity contribution is 7.80. The molecule has 0 bridgehead atoms. The molecule has 0 aliphatic heterocycles. The molecule has 1 atom stereocenters. The van der Waals surface area contributed by atoms with Crippen LogP contribution in [0.3, 0.4) is 0 Å². The molecule has 3 aromatic carbocycles. The predicted octanol–water partition coefficient (Wildman–Crippen LogP) is 5.81. The summed E-state index contributed by atoms with van der Waals surface area (Å²) < 4.78 is 21.1. The molecule has 1 heterocycles. The number of aryl methyl sites for hydroxylation is 1. The number of nitrogens with two attached hydrogens (primary N) is 2. The molecule has 0 saturated carbocycles. The molecule has 0 aliphatic carbocycles. The fourth-order valence-corrected chi connectivity index (χ4v) is 4.15. The van der Waals surface area contributed by atoms with Crippen molar-refractivity contribution in [1.82, 2.24) is 9.55 Å². The van der Waals surface area contributed by atoms with E-state index < -0.39 is 6.17 Å². The van der Waals surface area contributed by atoms with Crippen LogP contribution in [0, 0.1) is 6.92 Å². The summed E-state index contributed by atoms with van der Waals surface area (Å²) in [5.41, 5.74) is 11.1. The zero-order valence-corrected chi connectivity index (χ0v) is 20.7. The van der Waals surface area contributed by atoms with Gasteiger partial charge in [0, 0.05) is 22.9 Å². The second-order valence-electron chi connectivity index (χ2n) is 8.10. The molecule has 1 aromatic heterocycles. The van der Waals surface area contributed by atoms with E-state index in [0.717, 1.165) is 33.0 Å². The number of halogens is 1. The van der Waals surface area contributed by atoms with E-state index in [0.29, 0.717) is 22.9 Å². The summed E-state index contributed by atoms with van der Waals surface area (Å²) in [6.45, 7) is 3.30. The minimum Gasteiger partial charge on any atom is -0.497 e. The van der Waals surface area contributed by atoms with Crippen LogP contribution < -0.4 is 21.3 Å². The van der Waals surface area contributed by atoms with Crippen LogP contribution in [0.2, 0.25) is 0 Å². The first-order valence-electron chi connectivity index (χ1n) is 11.1. The summed E-state index contributed by atoms with van der Waals surface area (Å²) in [6, 6.07) is 21.2. The zero-order valence-electron chi connectivity index (χ0n) is 19.8. The van der Waals surface area contributed by atoms with E-state index in [1.54, 1.807) is 13.3 Å². The smallest absolute Gasteiger partial charge is 0.141 e. The lowest BCUT2D eigenvalue weighted by atomic mass is 10.0. The number of alkyl halides is 1. The number of imidazole rings is 1. The van der Waals surface area contributed by atoms with Crippen LogP contribution in [0.4, 0.5) is 10.1 Å². The Bertz CT molecular complexity index is 1360. The average molecular weight is 490 g/mol. The Kier molecular flexibility index (Phi) is 7.14. The SMILES string of the molecule is COc1ccc(/C(=C/N)N(N)c2cc(-c3cccc(S)c3)ccc2-n2cc(C(C)F)nc2C)cc1. The molecule has 0 saturated heterocycles. The Labute approximate surface area is 210 Å². The average Bonchev–Trinajstić information content (AvgIpc) is 3.26. The fraction of sp³-hybridized carbons (Fsp3) is 0.148. The molecule has 4 N–H and O–H groups in total. The third kappa shape index (κ3) is 5.03. The molecular weight excluding hydrogens is 461 g/mol. The fourth-order valence-electron chi connectivity index (χ4n) is 3.92. The summed E-state index contributed by atoms with van der Waals surface area (Å²) in [5, 5.41) is 1.53. The molecule has 35 heavy (non-hydrogen) atoms. The number of hydrogen-bond acceptors (Lipinski definition) is 6. The molecule has 180 valence electrons. The first-order valence-corrected chi connectivity index (χ1v) is 11.5. The van der Waals surface area contributed by atoms with E-state index in [2.05, 4.69) is 17.6 Å². The van der Waals surface area contributed by atoms with Gasteiger partial charge in [0.1, 0.15) is 17.7 Å². The summed E-state index contributed by atoms with van der Waals surface area (Å²) in [6.07, 6.45) is 1.96. The quantitative estimate of drug-likeness (QED) is 0.173. The number of aromatic nitrogens is 2. The van der Waals surface area contributed by atoms with Crippen LogP contribution in [0.1, 0.15) is 30.2 Å². The van der Waals surface area contributed by atoms with Crippen molar-refractivity contribution in [2.45, 2.75) is 24.9 Å². The standard InChI is InChI=1S/C27H28FN5OS/c1-17(28)24-16-32(18(2)31-24)25-12-9-21(20-5-4-6-23(35)13-20)14-26(25)33(30)27(15-29)19-7-10-22(34-3)11-8-19/h4-17,35H,29-30H2,1-3H3/b27-15-. The van der Waals surface area contributed by atoms with Crippen molar-refractivity contribution < 1.29 is 9.13 Å². The van der Waals surface area contributed by atoms with Gasteiger partial charge in [-0.3, -0.25) is 5.01 Å². The number of methoxy groups -OCH3 is 1. The Morgan fingerprint density at radius 3 is 2.43 bits per heavy atom. The largest absolute Gasteiger partial charge is 0.497 e. The van der Waals surface area contributed by atoms with Gasteiger partial charge in [-0.25, -0.2) is 15.2 Å². The molecule has 6 nitrogen and oxygen atoms in total. The normalized spacial score (nSPS) is 12.5. The summed E-state index contributed by atoms with van der Waals surface area (Å²) >= 11 is 4.48. The van der Waals surface area contributed by atoms with E-state index in [-0.39, 0.29) is 0 Å². The van der Waals surface area contributed by atoms with Crippen molar-refractivity contribution in [2.75, 3.05) is 12.1 Å². The van der Waals surface area contributed by atoms with Gasteiger partial charge in [-0.1, -0.05) is 18.2 Å². The minimum atomic E-state index is -1.19. The van der Waals surface area contributed by atoms with Gasteiger partial charge in [-0.15, -0.1) is 12.6 Å². The highest BCUT2D eigenvalue weighted by Gasteiger charge is 2.19. The van der Waals surface area contributed by atoms with Crippen LogP contribution in [0.5, 0.6) is 5.75 Å². The van der Waals surface area contributed by atoms with Crippen molar-refractivity contribution in [1.29, 1.82) is 0 Å². The molecule has 8 heteroatoms. The van der Waals surface area contributed by atoms with Crippen LogP contribution in [-0.2, 0) is 0 Å². The maximum Gasteiger partial charge on any atom is 0.141 e. The highest BCUT2D eigenvalue weighted by atomic mass is 32.1. The molecule has 0 aliphatic rings. The summed E-state index contributed by atoms with van der Waals surface area (Å²) in [7, 11) is 1.61. The van der Waals surface area contributed by atoms with Crippen molar-refractivity contribution >= 4 is 24.0 Å². The Morgan fingerprint density at radius 1 is 1.11 bits per heavy atom. The lowest BCUT2D eigenvalue weighted by Gasteiger charge is -2.26. The van der Waals surface area contributed by atoms with Gasteiger partial charge < -0.3 is 15.0 Å². The van der Waals surface area contributed by atoms with E-state index in [1.165, 1.54) is 18.1 Å². The first-order chi connectivity index (χ1) is 16.8. The summed E-state index contributed by atoms with van der Waals surface area (Å²) in [5.74, 6) is 8.09. The van der Waals surface area contributed by atoms with Crippen LogP contribution in [0.25, 0.3) is 22.5 Å². The number of nitrogens with zero attached hydrogens (tertiary/aromatic N) is 3. The monoisotopic (exact) mass is 489 g/mol. The number of benzene rings is 3. The van der Waals surface area contributed by atoms with Gasteiger partial charge >= 0.3 is 0 Å². The van der Waals surface area contributed by atoms with E-state index in [9.17, 15) is 4.39 Å². The highest BCUT2D eigenvalue weighted by Crippen LogP contribution is 2.35. The van der Waals surface area contributed by atoms with E-state index >= 15 is 0 Å². The van der Waals surface area contributed by atoms with Crippen molar-refractivity contribution in [2.24, 2.45) is 11.6 Å². The van der Waals surface area contributed by atoms with E-state index in [1.807, 2.05) is 78.2 Å². The molecule has 0 amide bonds. The zero-order chi connectivity index (χ0) is 25.1. The lowest BCUT2D eigenvalue weighted by molar-refractivity contribution is 0.366. The maximum atomic E-state index is 14.0. The van der Waals surface area contributed by atoms with Gasteiger partial charge in [0.25, 0.3) is 0 Å². The van der Waals surface area contributed by atoms with Gasteiger partial charge in [0.15, 0.2) is 0 Å². The number of thiol groups is 1. The second-order valence-corrected chi connectivity index (χ2v) is 8.62. The van der Waals surface area contributed by atoms with E-state index in [4.69, 9.17) is 16.3 Å². The third-order valence-corrected chi connectivity index (χ3v) is 6.06.